The first-order chi connectivity index (χ1) is 13.1. The van der Waals surface area contributed by atoms with Crippen molar-refractivity contribution in [2.24, 2.45) is 0 Å². The highest BCUT2D eigenvalue weighted by Gasteiger charge is 2.11. The second-order valence-electron chi connectivity index (χ2n) is 6.42. The molecule has 0 aliphatic heterocycles. The minimum atomic E-state index is -0.208. The van der Waals surface area contributed by atoms with Crippen LogP contribution in [0.4, 0.5) is 5.69 Å². The van der Waals surface area contributed by atoms with Crippen molar-refractivity contribution in [3.63, 3.8) is 0 Å². The third-order valence-corrected chi connectivity index (χ3v) is 3.84. The minimum Gasteiger partial charge on any atom is -0.491 e. The number of benzene rings is 3. The summed E-state index contributed by atoms with van der Waals surface area (Å²) < 4.78 is 11.6. The first-order valence-electron chi connectivity index (χ1n) is 8.95. The summed E-state index contributed by atoms with van der Waals surface area (Å²) in [5.41, 5.74) is 2.23. The SMILES string of the molecule is CC(C)Oc1cccc(C(=O)Nc2ccccc2OCc2ccccc2)c1. The zero-order valence-corrected chi connectivity index (χ0v) is 15.5. The fourth-order valence-electron chi connectivity index (χ4n) is 2.61. The van der Waals surface area contributed by atoms with E-state index in [0.717, 1.165) is 5.56 Å². The Morgan fingerprint density at radius 1 is 0.926 bits per heavy atom. The first kappa shape index (κ1) is 18.5. The van der Waals surface area contributed by atoms with Crippen LogP contribution in [0.1, 0.15) is 29.8 Å². The lowest BCUT2D eigenvalue weighted by Crippen LogP contribution is -2.13. The molecular formula is C23H23NO3. The van der Waals surface area contributed by atoms with Crippen LogP contribution in [-0.2, 0) is 6.61 Å². The number of hydrogen-bond donors (Lipinski definition) is 1. The molecule has 27 heavy (non-hydrogen) atoms. The Kier molecular flexibility index (Phi) is 6.10. The number of anilines is 1. The molecule has 0 atom stereocenters. The normalized spacial score (nSPS) is 10.5. The van der Waals surface area contributed by atoms with Crippen molar-refractivity contribution in [2.75, 3.05) is 5.32 Å². The van der Waals surface area contributed by atoms with Crippen LogP contribution in [0.25, 0.3) is 0 Å². The summed E-state index contributed by atoms with van der Waals surface area (Å²) >= 11 is 0. The van der Waals surface area contributed by atoms with Crippen molar-refractivity contribution >= 4 is 11.6 Å². The number of carbonyl (C=O) groups excluding carboxylic acids is 1. The Morgan fingerprint density at radius 3 is 2.44 bits per heavy atom. The van der Waals surface area contributed by atoms with Crippen LogP contribution in [0, 0.1) is 0 Å². The third-order valence-electron chi connectivity index (χ3n) is 3.84. The van der Waals surface area contributed by atoms with Gasteiger partial charge < -0.3 is 14.8 Å². The van der Waals surface area contributed by atoms with Crippen LogP contribution >= 0.6 is 0 Å². The number of ether oxygens (including phenoxy) is 2. The second-order valence-corrected chi connectivity index (χ2v) is 6.42. The van der Waals surface area contributed by atoms with Crippen LogP contribution in [0.5, 0.6) is 11.5 Å². The number of hydrogen-bond acceptors (Lipinski definition) is 3. The molecule has 3 aromatic rings. The molecule has 1 N–H and O–H groups in total. The Labute approximate surface area is 159 Å². The van der Waals surface area contributed by atoms with E-state index in [4.69, 9.17) is 9.47 Å². The van der Waals surface area contributed by atoms with Crippen LogP contribution < -0.4 is 14.8 Å². The van der Waals surface area contributed by atoms with Gasteiger partial charge >= 0.3 is 0 Å². The highest BCUT2D eigenvalue weighted by Crippen LogP contribution is 2.26. The highest BCUT2D eigenvalue weighted by atomic mass is 16.5. The zero-order chi connectivity index (χ0) is 19.1. The molecule has 0 aromatic heterocycles. The number of amides is 1. The zero-order valence-electron chi connectivity index (χ0n) is 15.5. The van der Waals surface area contributed by atoms with E-state index in [1.807, 2.05) is 80.6 Å². The molecule has 3 rings (SSSR count). The van der Waals surface area contributed by atoms with E-state index in [2.05, 4.69) is 5.32 Å². The van der Waals surface area contributed by atoms with Gasteiger partial charge in [0, 0.05) is 5.56 Å². The molecule has 0 bridgehead atoms. The van der Waals surface area contributed by atoms with E-state index in [9.17, 15) is 4.79 Å². The van der Waals surface area contributed by atoms with Gasteiger partial charge in [-0.1, -0.05) is 48.5 Å². The van der Waals surface area contributed by atoms with Gasteiger partial charge in [-0.2, -0.15) is 0 Å². The lowest BCUT2D eigenvalue weighted by molar-refractivity contribution is 0.102. The molecule has 0 heterocycles. The average molecular weight is 361 g/mol. The van der Waals surface area contributed by atoms with Crippen molar-refractivity contribution < 1.29 is 14.3 Å². The molecule has 0 saturated heterocycles. The van der Waals surface area contributed by atoms with E-state index in [1.165, 1.54) is 0 Å². The standard InChI is InChI=1S/C23H23NO3/c1-17(2)27-20-12-8-11-19(15-20)23(25)24-21-13-6-7-14-22(21)26-16-18-9-4-3-5-10-18/h3-15,17H,16H2,1-2H3,(H,24,25). The second kappa shape index (κ2) is 8.90. The number of nitrogens with one attached hydrogen (secondary N) is 1. The molecule has 0 fully saturated rings. The van der Waals surface area contributed by atoms with Crippen LogP contribution in [0.2, 0.25) is 0 Å². The third kappa shape index (κ3) is 5.35. The van der Waals surface area contributed by atoms with E-state index in [-0.39, 0.29) is 12.0 Å². The van der Waals surface area contributed by atoms with Crippen LogP contribution in [0.3, 0.4) is 0 Å². The maximum atomic E-state index is 12.7. The maximum Gasteiger partial charge on any atom is 0.255 e. The first-order valence-corrected chi connectivity index (χ1v) is 8.95. The molecule has 4 nitrogen and oxygen atoms in total. The fraction of sp³-hybridized carbons (Fsp3) is 0.174. The van der Waals surface area contributed by atoms with E-state index >= 15 is 0 Å². The summed E-state index contributed by atoms with van der Waals surface area (Å²) in [4.78, 5) is 12.7. The summed E-state index contributed by atoms with van der Waals surface area (Å²) in [5, 5.41) is 2.92. The van der Waals surface area contributed by atoms with Crippen molar-refractivity contribution in [3.8, 4) is 11.5 Å². The van der Waals surface area contributed by atoms with Crippen LogP contribution in [-0.4, -0.2) is 12.0 Å². The summed E-state index contributed by atoms with van der Waals surface area (Å²) in [6.45, 7) is 4.34. The van der Waals surface area contributed by atoms with Gasteiger partial charge in [0.1, 0.15) is 18.1 Å². The van der Waals surface area contributed by atoms with Crippen molar-refractivity contribution in [3.05, 3.63) is 90.0 Å². The molecule has 3 aromatic carbocycles. The molecule has 0 radical (unpaired) electrons. The average Bonchev–Trinajstić information content (AvgIpc) is 2.68. The smallest absolute Gasteiger partial charge is 0.255 e. The lowest BCUT2D eigenvalue weighted by atomic mass is 10.2. The molecule has 1 amide bonds. The summed E-state index contributed by atoms with van der Waals surface area (Å²) in [5.74, 6) is 1.09. The predicted octanol–water partition coefficient (Wildman–Crippen LogP) is 5.31. The van der Waals surface area contributed by atoms with Gasteiger partial charge in [-0.25, -0.2) is 0 Å². The Bertz CT molecular complexity index is 891. The number of rotatable bonds is 7. The monoisotopic (exact) mass is 361 g/mol. The van der Waals surface area contributed by atoms with Gasteiger partial charge in [-0.3, -0.25) is 4.79 Å². The lowest BCUT2D eigenvalue weighted by Gasteiger charge is -2.14. The Hall–Kier alpha value is -3.27. The van der Waals surface area contributed by atoms with Gasteiger partial charge in [0.2, 0.25) is 0 Å². The summed E-state index contributed by atoms with van der Waals surface area (Å²) in [6.07, 6.45) is 0.0513. The molecule has 0 saturated carbocycles. The summed E-state index contributed by atoms with van der Waals surface area (Å²) in [6, 6.07) is 24.5. The van der Waals surface area contributed by atoms with E-state index in [0.29, 0.717) is 29.4 Å². The molecule has 0 spiro atoms. The van der Waals surface area contributed by atoms with Gasteiger partial charge in [0.15, 0.2) is 0 Å². The van der Waals surface area contributed by atoms with Gasteiger partial charge in [0.05, 0.1) is 11.8 Å². The molecule has 0 unspecified atom stereocenters. The minimum absolute atomic E-state index is 0.0513. The number of carbonyl (C=O) groups is 1. The topological polar surface area (TPSA) is 47.6 Å². The van der Waals surface area contributed by atoms with Gasteiger partial charge in [-0.05, 0) is 49.7 Å². The van der Waals surface area contributed by atoms with Crippen molar-refractivity contribution in [1.82, 2.24) is 0 Å². The quantitative estimate of drug-likeness (QED) is 0.621. The van der Waals surface area contributed by atoms with E-state index < -0.39 is 0 Å². The molecule has 4 heteroatoms. The number of para-hydroxylation sites is 2. The van der Waals surface area contributed by atoms with Crippen molar-refractivity contribution in [1.29, 1.82) is 0 Å². The molecule has 138 valence electrons. The fourth-order valence-corrected chi connectivity index (χ4v) is 2.61. The Morgan fingerprint density at radius 2 is 1.67 bits per heavy atom. The maximum absolute atomic E-state index is 12.7. The van der Waals surface area contributed by atoms with Gasteiger partial charge in [0.25, 0.3) is 5.91 Å². The molecule has 0 aliphatic carbocycles. The van der Waals surface area contributed by atoms with Gasteiger partial charge in [-0.15, -0.1) is 0 Å². The van der Waals surface area contributed by atoms with Crippen molar-refractivity contribution in [2.45, 2.75) is 26.6 Å². The highest BCUT2D eigenvalue weighted by molar-refractivity contribution is 6.05. The summed E-state index contributed by atoms with van der Waals surface area (Å²) in [7, 11) is 0. The molecule has 0 aliphatic rings. The van der Waals surface area contributed by atoms with E-state index in [1.54, 1.807) is 12.1 Å². The Balaban J connectivity index is 1.71. The largest absolute Gasteiger partial charge is 0.491 e. The molecular weight excluding hydrogens is 338 g/mol. The predicted molar refractivity (Wildman–Crippen MR) is 107 cm³/mol. The van der Waals surface area contributed by atoms with Crippen LogP contribution in [0.15, 0.2) is 78.9 Å².